The maximum atomic E-state index is 11.7. The molecule has 0 bridgehead atoms. The molecule has 1 saturated carbocycles. The van der Waals surface area contributed by atoms with Gasteiger partial charge in [0.1, 0.15) is 11.6 Å². The summed E-state index contributed by atoms with van der Waals surface area (Å²) in [5.41, 5.74) is 2.68. The van der Waals surface area contributed by atoms with Gasteiger partial charge in [-0.1, -0.05) is 18.2 Å². The van der Waals surface area contributed by atoms with E-state index in [4.69, 9.17) is 4.74 Å². The monoisotopic (exact) mass is 544 g/mol. The van der Waals surface area contributed by atoms with Gasteiger partial charge < -0.3 is 15.4 Å². The number of pyridine rings is 1. The molecule has 2 aromatic heterocycles. The molecule has 0 radical (unpaired) electrons. The van der Waals surface area contributed by atoms with E-state index in [1.807, 2.05) is 60.7 Å². The molecule has 2 N–H and O–H groups in total. The average Bonchev–Trinajstić information content (AvgIpc) is 2.95. The first-order valence-electron chi connectivity index (χ1n) is 13.4. The first-order chi connectivity index (χ1) is 19.0. The molecule has 0 amide bonds. The van der Waals surface area contributed by atoms with Gasteiger partial charge in [-0.15, -0.1) is 0 Å². The van der Waals surface area contributed by atoms with E-state index >= 15 is 0 Å². The minimum atomic E-state index is -2.84. The highest BCUT2D eigenvalue weighted by Crippen LogP contribution is 2.29. The Hall–Kier alpha value is -3.76. The van der Waals surface area contributed by atoms with Crippen LogP contribution in [0.25, 0.3) is 10.9 Å². The van der Waals surface area contributed by atoms with Crippen molar-refractivity contribution in [2.45, 2.75) is 37.8 Å². The first kappa shape index (κ1) is 25.5. The van der Waals surface area contributed by atoms with Gasteiger partial charge in [0, 0.05) is 36.4 Å². The third-order valence-electron chi connectivity index (χ3n) is 7.47. The number of rotatable bonds is 7. The highest BCUT2D eigenvalue weighted by atomic mass is 32.2. The summed E-state index contributed by atoms with van der Waals surface area (Å²) >= 11 is 0. The van der Waals surface area contributed by atoms with Crippen LogP contribution in [0.4, 0.5) is 23.1 Å². The Morgan fingerprint density at radius 2 is 1.62 bits per heavy atom. The Morgan fingerprint density at radius 3 is 2.41 bits per heavy atom. The van der Waals surface area contributed by atoms with Crippen LogP contribution in [0.3, 0.4) is 0 Å². The van der Waals surface area contributed by atoms with Crippen molar-refractivity contribution in [3.63, 3.8) is 0 Å². The molecule has 2 aliphatic rings. The number of benzene rings is 2. The Kier molecular flexibility index (Phi) is 7.30. The van der Waals surface area contributed by atoms with Crippen molar-refractivity contribution in [2.75, 3.05) is 35.2 Å². The number of ether oxygens (including phenoxy) is 1. The fraction of sp³-hybridized carbons (Fsp3) is 0.345. The third-order valence-corrected chi connectivity index (χ3v) is 9.08. The smallest absolute Gasteiger partial charge is 0.229 e. The molecule has 9 nitrogen and oxygen atoms in total. The standard InChI is InChI=1S/C29H32N6O3S/c36-39(37)17-15-35(16-18-39)24-7-11-26(12-8-24)38-25-9-5-22(6-10-25)33-29-30-14-13-28(34-29)32-23-19-21-3-1-2-4-27(21)31-20-23/h1-6,9-10,13-14,19-20,24,26H,7-8,11-12,15-18H2,(H2,30,32,33,34). The summed E-state index contributed by atoms with van der Waals surface area (Å²) in [5, 5.41) is 7.62. The van der Waals surface area contributed by atoms with E-state index in [-0.39, 0.29) is 17.6 Å². The van der Waals surface area contributed by atoms with Crippen molar-refractivity contribution in [2.24, 2.45) is 0 Å². The molecule has 1 saturated heterocycles. The Morgan fingerprint density at radius 1 is 0.846 bits per heavy atom. The van der Waals surface area contributed by atoms with Gasteiger partial charge in [-0.3, -0.25) is 9.88 Å². The van der Waals surface area contributed by atoms with Crippen LogP contribution in [0.1, 0.15) is 25.7 Å². The van der Waals surface area contributed by atoms with E-state index < -0.39 is 9.84 Å². The normalized spacial score (nSPS) is 21.3. The quantitative estimate of drug-likeness (QED) is 0.335. The van der Waals surface area contributed by atoms with Crippen molar-refractivity contribution in [3.05, 3.63) is 73.1 Å². The maximum Gasteiger partial charge on any atom is 0.229 e. The van der Waals surface area contributed by atoms with Crippen molar-refractivity contribution in [1.29, 1.82) is 0 Å². The van der Waals surface area contributed by atoms with Crippen LogP contribution in [-0.4, -0.2) is 65.0 Å². The molecule has 2 fully saturated rings. The summed E-state index contributed by atoms with van der Waals surface area (Å²) in [6.07, 6.45) is 7.74. The molecule has 6 rings (SSSR count). The van der Waals surface area contributed by atoms with Crippen molar-refractivity contribution >= 4 is 43.9 Å². The summed E-state index contributed by atoms with van der Waals surface area (Å²) < 4.78 is 29.7. The van der Waals surface area contributed by atoms with Gasteiger partial charge in [-0.05, 0) is 68.1 Å². The minimum Gasteiger partial charge on any atom is -0.490 e. The molecule has 202 valence electrons. The van der Waals surface area contributed by atoms with Gasteiger partial charge in [-0.2, -0.15) is 4.98 Å². The largest absolute Gasteiger partial charge is 0.490 e. The summed E-state index contributed by atoms with van der Waals surface area (Å²) in [4.78, 5) is 15.8. The summed E-state index contributed by atoms with van der Waals surface area (Å²) in [6.45, 7) is 1.33. The minimum absolute atomic E-state index is 0.185. The number of sulfone groups is 1. The van der Waals surface area contributed by atoms with Gasteiger partial charge in [-0.25, -0.2) is 13.4 Å². The molecule has 3 heterocycles. The van der Waals surface area contributed by atoms with E-state index in [0.29, 0.717) is 30.9 Å². The second-order valence-corrected chi connectivity index (χ2v) is 12.5. The summed E-state index contributed by atoms with van der Waals surface area (Å²) in [6, 6.07) is 20.2. The van der Waals surface area contributed by atoms with E-state index in [1.165, 1.54) is 0 Å². The molecule has 2 aromatic carbocycles. The Bertz CT molecular complexity index is 1520. The fourth-order valence-electron chi connectivity index (χ4n) is 5.33. The van der Waals surface area contributed by atoms with E-state index in [9.17, 15) is 8.42 Å². The van der Waals surface area contributed by atoms with Crippen LogP contribution >= 0.6 is 0 Å². The zero-order chi connectivity index (χ0) is 26.7. The second-order valence-electron chi connectivity index (χ2n) is 10.2. The highest BCUT2D eigenvalue weighted by Gasteiger charge is 2.30. The number of fused-ring (bicyclic) bond motifs is 1. The van der Waals surface area contributed by atoms with Crippen LogP contribution in [-0.2, 0) is 9.84 Å². The highest BCUT2D eigenvalue weighted by molar-refractivity contribution is 7.91. The van der Waals surface area contributed by atoms with Crippen molar-refractivity contribution < 1.29 is 13.2 Å². The van der Waals surface area contributed by atoms with E-state index in [0.717, 1.165) is 53.7 Å². The molecular weight excluding hydrogens is 512 g/mol. The molecule has 1 aliphatic carbocycles. The van der Waals surface area contributed by atoms with Gasteiger partial charge in [0.05, 0.1) is 35.0 Å². The molecular formula is C29H32N6O3S. The fourth-order valence-corrected chi connectivity index (χ4v) is 6.56. The summed E-state index contributed by atoms with van der Waals surface area (Å²) in [7, 11) is -2.84. The molecule has 0 spiro atoms. The predicted molar refractivity (Wildman–Crippen MR) is 154 cm³/mol. The third kappa shape index (κ3) is 6.46. The van der Waals surface area contributed by atoms with Gasteiger partial charge in [0.15, 0.2) is 9.84 Å². The number of nitrogens with zero attached hydrogens (tertiary/aromatic N) is 4. The van der Waals surface area contributed by atoms with Crippen LogP contribution in [0, 0.1) is 0 Å². The lowest BCUT2D eigenvalue weighted by molar-refractivity contribution is 0.0924. The zero-order valence-corrected chi connectivity index (χ0v) is 22.5. The summed E-state index contributed by atoms with van der Waals surface area (Å²) in [5.74, 6) is 2.58. The van der Waals surface area contributed by atoms with E-state index in [2.05, 4.69) is 30.5 Å². The molecule has 4 aromatic rings. The SMILES string of the molecule is O=S1(=O)CCN(C2CCC(Oc3ccc(Nc4nccc(Nc5cnc6ccccc6c5)n4)cc3)CC2)CC1. The van der Waals surface area contributed by atoms with E-state index in [1.54, 1.807) is 12.4 Å². The molecule has 0 unspecified atom stereocenters. The van der Waals surface area contributed by atoms with Crippen molar-refractivity contribution in [3.8, 4) is 5.75 Å². The molecule has 10 heteroatoms. The Labute approximate surface area is 228 Å². The number of aromatic nitrogens is 3. The lowest BCUT2D eigenvalue weighted by Gasteiger charge is -2.38. The lowest BCUT2D eigenvalue weighted by atomic mass is 9.91. The van der Waals surface area contributed by atoms with Crippen LogP contribution in [0.5, 0.6) is 5.75 Å². The average molecular weight is 545 g/mol. The second kappa shape index (κ2) is 11.2. The van der Waals surface area contributed by atoms with Crippen LogP contribution < -0.4 is 15.4 Å². The number of para-hydroxylation sites is 1. The first-order valence-corrected chi connectivity index (χ1v) is 15.2. The number of nitrogens with one attached hydrogen (secondary N) is 2. The van der Waals surface area contributed by atoms with Crippen LogP contribution in [0.2, 0.25) is 0 Å². The molecule has 39 heavy (non-hydrogen) atoms. The predicted octanol–water partition coefficient (Wildman–Crippen LogP) is 4.93. The van der Waals surface area contributed by atoms with Gasteiger partial charge in [0.25, 0.3) is 0 Å². The van der Waals surface area contributed by atoms with Gasteiger partial charge >= 0.3 is 0 Å². The number of hydrogen-bond acceptors (Lipinski definition) is 9. The van der Waals surface area contributed by atoms with Crippen molar-refractivity contribution in [1.82, 2.24) is 19.9 Å². The maximum absolute atomic E-state index is 11.7. The topological polar surface area (TPSA) is 109 Å². The van der Waals surface area contributed by atoms with Crippen LogP contribution in [0.15, 0.2) is 73.1 Å². The molecule has 1 aliphatic heterocycles. The molecule has 0 atom stereocenters. The van der Waals surface area contributed by atoms with Gasteiger partial charge in [0.2, 0.25) is 5.95 Å². The Balaban J connectivity index is 1.01. The number of anilines is 4. The zero-order valence-electron chi connectivity index (χ0n) is 21.7. The lowest BCUT2D eigenvalue weighted by Crippen LogP contribution is -2.48. The number of hydrogen-bond donors (Lipinski definition) is 2.